The summed E-state index contributed by atoms with van der Waals surface area (Å²) in [6, 6.07) is -0.814. The highest BCUT2D eigenvalue weighted by Gasteiger charge is 2.25. The van der Waals surface area contributed by atoms with Crippen LogP contribution in [0.2, 0.25) is 0 Å². The third-order valence-electron chi connectivity index (χ3n) is 2.90. The molecule has 0 heterocycles. The number of hydrogen-bond acceptors (Lipinski definition) is 6. The normalized spacial score (nSPS) is 12.0. The lowest BCUT2D eigenvalue weighted by Crippen LogP contribution is -2.46. The molecular formula is C16H29N3O5. The monoisotopic (exact) mass is 343 g/mol. The molecule has 8 nitrogen and oxygen atoms in total. The Hall–Kier alpha value is -2.09. The van der Waals surface area contributed by atoms with Crippen LogP contribution in [0.4, 0.5) is 9.59 Å². The lowest BCUT2D eigenvalue weighted by atomic mass is 10.1. The van der Waals surface area contributed by atoms with Gasteiger partial charge in [0.15, 0.2) is 0 Å². The second kappa shape index (κ2) is 10.6. The Labute approximate surface area is 143 Å². The zero-order valence-electron chi connectivity index (χ0n) is 15.0. The fraction of sp³-hybridized carbons (Fsp3) is 0.688. The third kappa shape index (κ3) is 9.14. The van der Waals surface area contributed by atoms with E-state index in [2.05, 4.69) is 16.6 Å². The fourth-order valence-electron chi connectivity index (χ4n) is 1.81. The van der Waals surface area contributed by atoms with Crippen LogP contribution in [0.3, 0.4) is 0 Å². The summed E-state index contributed by atoms with van der Waals surface area (Å²) in [5.74, 6) is -0.512. The minimum atomic E-state index is -0.814. The lowest BCUT2D eigenvalue weighted by molar-refractivity contribution is -0.130. The molecule has 0 aliphatic carbocycles. The van der Waals surface area contributed by atoms with Crippen LogP contribution in [0.5, 0.6) is 0 Å². The molecule has 0 saturated heterocycles. The quantitative estimate of drug-likeness (QED) is 0.513. The molecule has 0 saturated carbocycles. The van der Waals surface area contributed by atoms with E-state index in [9.17, 15) is 14.4 Å². The van der Waals surface area contributed by atoms with Crippen molar-refractivity contribution in [1.82, 2.24) is 10.2 Å². The summed E-state index contributed by atoms with van der Waals surface area (Å²) in [5, 5.41) is 2.63. The molecule has 0 unspecified atom stereocenters. The van der Waals surface area contributed by atoms with E-state index in [0.717, 1.165) is 4.90 Å². The van der Waals surface area contributed by atoms with Gasteiger partial charge in [-0.1, -0.05) is 6.08 Å². The molecule has 0 spiro atoms. The van der Waals surface area contributed by atoms with Crippen LogP contribution in [0.15, 0.2) is 12.7 Å². The Morgan fingerprint density at radius 3 is 2.42 bits per heavy atom. The SMILES string of the molecule is C=CCN(C(=O)OC)C(=O)[C@H](N)CCCCNC(=O)OC(C)(C)C. The molecule has 0 aromatic heterocycles. The smallest absolute Gasteiger partial charge is 0.416 e. The van der Waals surface area contributed by atoms with E-state index in [0.29, 0.717) is 25.8 Å². The Balaban J connectivity index is 4.14. The second-order valence-corrected chi connectivity index (χ2v) is 6.24. The molecule has 3 N–H and O–H groups in total. The van der Waals surface area contributed by atoms with Gasteiger partial charge in [-0.15, -0.1) is 6.58 Å². The summed E-state index contributed by atoms with van der Waals surface area (Å²) in [7, 11) is 1.19. The van der Waals surface area contributed by atoms with Crippen molar-refractivity contribution in [1.29, 1.82) is 0 Å². The number of carbonyl (C=O) groups excluding carboxylic acids is 3. The summed E-state index contributed by atoms with van der Waals surface area (Å²) < 4.78 is 9.65. The summed E-state index contributed by atoms with van der Waals surface area (Å²) in [6.45, 7) is 9.31. The molecular weight excluding hydrogens is 314 g/mol. The first kappa shape index (κ1) is 21.9. The molecule has 138 valence electrons. The van der Waals surface area contributed by atoms with Crippen molar-refractivity contribution in [2.24, 2.45) is 5.73 Å². The number of rotatable bonds is 8. The maximum atomic E-state index is 12.1. The Bertz CT molecular complexity index is 445. The number of nitrogens with zero attached hydrogens (tertiary/aromatic N) is 1. The molecule has 0 aromatic rings. The Morgan fingerprint density at radius 2 is 1.92 bits per heavy atom. The van der Waals surface area contributed by atoms with Crippen molar-refractivity contribution >= 4 is 18.1 Å². The van der Waals surface area contributed by atoms with Gasteiger partial charge in [0.2, 0.25) is 5.91 Å². The average molecular weight is 343 g/mol. The van der Waals surface area contributed by atoms with E-state index in [1.54, 1.807) is 20.8 Å². The van der Waals surface area contributed by atoms with E-state index in [-0.39, 0.29) is 6.54 Å². The Morgan fingerprint density at radius 1 is 1.29 bits per heavy atom. The van der Waals surface area contributed by atoms with Crippen LogP contribution in [-0.2, 0) is 14.3 Å². The molecule has 0 radical (unpaired) electrons. The van der Waals surface area contributed by atoms with Gasteiger partial charge in [-0.2, -0.15) is 0 Å². The average Bonchev–Trinajstić information content (AvgIpc) is 2.48. The molecule has 1 atom stereocenters. The predicted molar refractivity (Wildman–Crippen MR) is 90.4 cm³/mol. The molecule has 0 fully saturated rings. The largest absolute Gasteiger partial charge is 0.452 e. The summed E-state index contributed by atoms with van der Waals surface area (Å²) in [6.07, 6.45) is 1.82. The van der Waals surface area contributed by atoms with E-state index in [4.69, 9.17) is 10.5 Å². The van der Waals surface area contributed by atoms with Gasteiger partial charge >= 0.3 is 12.2 Å². The van der Waals surface area contributed by atoms with Crippen molar-refractivity contribution < 1.29 is 23.9 Å². The second-order valence-electron chi connectivity index (χ2n) is 6.24. The van der Waals surface area contributed by atoms with E-state index >= 15 is 0 Å². The van der Waals surface area contributed by atoms with Crippen molar-refractivity contribution in [3.8, 4) is 0 Å². The molecule has 0 rings (SSSR count). The van der Waals surface area contributed by atoms with Gasteiger partial charge in [0, 0.05) is 13.1 Å². The number of carbonyl (C=O) groups is 3. The van der Waals surface area contributed by atoms with Crippen molar-refractivity contribution in [3.63, 3.8) is 0 Å². The number of ether oxygens (including phenoxy) is 2. The molecule has 0 aliphatic rings. The van der Waals surface area contributed by atoms with Crippen molar-refractivity contribution in [2.45, 2.75) is 51.7 Å². The van der Waals surface area contributed by atoms with Crippen LogP contribution < -0.4 is 11.1 Å². The lowest BCUT2D eigenvalue weighted by Gasteiger charge is -2.21. The predicted octanol–water partition coefficient (Wildman–Crippen LogP) is 1.79. The molecule has 3 amide bonds. The van der Waals surface area contributed by atoms with Crippen LogP contribution >= 0.6 is 0 Å². The number of nitrogens with one attached hydrogen (secondary N) is 1. The van der Waals surface area contributed by atoms with Gasteiger partial charge < -0.3 is 20.5 Å². The third-order valence-corrected chi connectivity index (χ3v) is 2.90. The molecule has 0 aliphatic heterocycles. The highest BCUT2D eigenvalue weighted by Crippen LogP contribution is 2.07. The zero-order chi connectivity index (χ0) is 18.8. The number of methoxy groups -OCH3 is 1. The highest BCUT2D eigenvalue weighted by molar-refractivity contribution is 5.95. The summed E-state index contributed by atoms with van der Waals surface area (Å²) >= 11 is 0. The number of imide groups is 1. The summed E-state index contributed by atoms with van der Waals surface area (Å²) in [4.78, 5) is 36.0. The van der Waals surface area contributed by atoms with Gasteiger partial charge in [-0.3, -0.25) is 4.79 Å². The molecule has 0 aromatic carbocycles. The maximum absolute atomic E-state index is 12.1. The zero-order valence-corrected chi connectivity index (χ0v) is 15.0. The first-order chi connectivity index (χ1) is 11.1. The number of alkyl carbamates (subject to hydrolysis) is 1. The van der Waals surface area contributed by atoms with E-state index in [1.807, 2.05) is 0 Å². The fourth-order valence-corrected chi connectivity index (χ4v) is 1.81. The number of unbranched alkanes of at least 4 members (excludes halogenated alkanes) is 1. The summed E-state index contributed by atoms with van der Waals surface area (Å²) in [5.41, 5.74) is 5.28. The number of nitrogens with two attached hydrogens (primary N) is 1. The van der Waals surface area contributed by atoms with Crippen LogP contribution in [0, 0.1) is 0 Å². The van der Waals surface area contributed by atoms with Gasteiger partial charge in [0.05, 0.1) is 13.2 Å². The van der Waals surface area contributed by atoms with Crippen LogP contribution in [-0.4, -0.2) is 54.8 Å². The van der Waals surface area contributed by atoms with Crippen LogP contribution in [0.1, 0.15) is 40.0 Å². The van der Waals surface area contributed by atoms with E-state index in [1.165, 1.54) is 13.2 Å². The number of amides is 3. The first-order valence-corrected chi connectivity index (χ1v) is 7.85. The molecule has 0 bridgehead atoms. The molecule has 24 heavy (non-hydrogen) atoms. The highest BCUT2D eigenvalue weighted by atomic mass is 16.6. The van der Waals surface area contributed by atoms with Crippen molar-refractivity contribution in [3.05, 3.63) is 12.7 Å². The van der Waals surface area contributed by atoms with Gasteiger partial charge in [-0.25, -0.2) is 14.5 Å². The van der Waals surface area contributed by atoms with Gasteiger partial charge in [0.1, 0.15) is 5.60 Å². The standard InChI is InChI=1S/C16H29N3O5/c1-6-11-19(15(22)23-5)13(20)12(17)9-7-8-10-18-14(21)24-16(2,3)4/h6,12H,1,7-11,17H2,2-5H3,(H,18,21)/t12-/m1/s1. The first-order valence-electron chi connectivity index (χ1n) is 7.85. The van der Waals surface area contributed by atoms with Gasteiger partial charge in [-0.05, 0) is 40.0 Å². The Kier molecular flexibility index (Phi) is 9.71. The van der Waals surface area contributed by atoms with Gasteiger partial charge in [0.25, 0.3) is 0 Å². The molecule has 8 heteroatoms. The topological polar surface area (TPSA) is 111 Å². The number of hydrogen-bond donors (Lipinski definition) is 2. The minimum absolute atomic E-state index is 0.0411. The van der Waals surface area contributed by atoms with Crippen molar-refractivity contribution in [2.75, 3.05) is 20.2 Å². The maximum Gasteiger partial charge on any atom is 0.416 e. The van der Waals surface area contributed by atoms with Crippen LogP contribution in [0.25, 0.3) is 0 Å². The minimum Gasteiger partial charge on any atom is -0.452 e. The van der Waals surface area contributed by atoms with E-state index < -0.39 is 29.7 Å².